The van der Waals surface area contributed by atoms with Crippen LogP contribution in [0.25, 0.3) is 10.9 Å². The highest BCUT2D eigenvalue weighted by molar-refractivity contribution is 5.87. The number of hydrogen-bond acceptors (Lipinski definition) is 3. The van der Waals surface area contributed by atoms with E-state index in [9.17, 15) is 0 Å². The summed E-state index contributed by atoms with van der Waals surface area (Å²) in [4.78, 5) is 3.48. The monoisotopic (exact) mass is 274 g/mol. The molecule has 0 atom stereocenters. The van der Waals surface area contributed by atoms with Crippen molar-refractivity contribution >= 4 is 10.9 Å². The molecule has 0 bridgehead atoms. The number of benzene rings is 1. The van der Waals surface area contributed by atoms with Gasteiger partial charge in [0.15, 0.2) is 0 Å². The molecule has 2 aromatic rings. The van der Waals surface area contributed by atoms with Crippen molar-refractivity contribution < 1.29 is 9.47 Å². The lowest BCUT2D eigenvalue weighted by Gasteiger charge is -2.37. The molecule has 1 fully saturated rings. The third-order valence-corrected chi connectivity index (χ3v) is 4.56. The van der Waals surface area contributed by atoms with Gasteiger partial charge in [0.1, 0.15) is 5.75 Å². The number of hydrogen-bond donors (Lipinski definition) is 2. The zero-order chi connectivity index (χ0) is 14.2. The molecule has 0 saturated carbocycles. The number of fused-ring (bicyclic) bond motifs is 1. The Balaban J connectivity index is 2.20. The van der Waals surface area contributed by atoms with Gasteiger partial charge in [-0.1, -0.05) is 0 Å². The van der Waals surface area contributed by atoms with E-state index in [1.54, 1.807) is 7.11 Å². The number of aryl methyl sites for hydroxylation is 1. The van der Waals surface area contributed by atoms with E-state index >= 15 is 0 Å². The molecular formula is C16H22N2O2. The third-order valence-electron chi connectivity index (χ3n) is 4.56. The van der Waals surface area contributed by atoms with Crippen LogP contribution in [-0.2, 0) is 10.2 Å². The highest BCUT2D eigenvalue weighted by Crippen LogP contribution is 2.40. The zero-order valence-corrected chi connectivity index (χ0v) is 12.2. The number of nitrogens with two attached hydrogens (primary N) is 1. The van der Waals surface area contributed by atoms with Crippen molar-refractivity contribution in [3.63, 3.8) is 0 Å². The maximum Gasteiger partial charge on any atom is 0.119 e. The fraction of sp³-hybridized carbons (Fsp3) is 0.500. The normalized spacial score (nSPS) is 18.4. The van der Waals surface area contributed by atoms with Gasteiger partial charge >= 0.3 is 0 Å². The predicted octanol–water partition coefficient (Wildman–Crippen LogP) is 2.49. The van der Waals surface area contributed by atoms with Crippen LogP contribution >= 0.6 is 0 Å². The molecule has 3 rings (SSSR count). The van der Waals surface area contributed by atoms with Gasteiger partial charge in [-0.3, -0.25) is 0 Å². The summed E-state index contributed by atoms with van der Waals surface area (Å²) in [7, 11) is 1.70. The van der Waals surface area contributed by atoms with Gasteiger partial charge < -0.3 is 20.2 Å². The smallest absolute Gasteiger partial charge is 0.119 e. The number of methoxy groups -OCH3 is 1. The van der Waals surface area contributed by atoms with Crippen molar-refractivity contribution in [3.8, 4) is 5.75 Å². The van der Waals surface area contributed by atoms with E-state index in [0.29, 0.717) is 6.54 Å². The molecule has 1 aliphatic rings. The molecule has 1 aromatic carbocycles. The topological polar surface area (TPSA) is 60.3 Å². The Bertz CT molecular complexity index is 612. The lowest BCUT2D eigenvalue weighted by molar-refractivity contribution is 0.0532. The van der Waals surface area contributed by atoms with Crippen molar-refractivity contribution in [2.24, 2.45) is 5.73 Å². The van der Waals surface area contributed by atoms with E-state index in [0.717, 1.165) is 37.3 Å². The molecule has 1 aromatic heterocycles. The van der Waals surface area contributed by atoms with Crippen LogP contribution in [0.1, 0.15) is 24.1 Å². The van der Waals surface area contributed by atoms with Crippen LogP contribution in [0, 0.1) is 6.92 Å². The van der Waals surface area contributed by atoms with Crippen LogP contribution in [0.15, 0.2) is 18.2 Å². The number of aromatic nitrogens is 1. The minimum Gasteiger partial charge on any atom is -0.497 e. The average molecular weight is 274 g/mol. The Morgan fingerprint density at radius 2 is 2.10 bits per heavy atom. The standard InChI is InChI=1S/C16H22N2O2/c1-11-15(16(10-17)5-7-20-8-6-16)13-9-12(19-2)3-4-14(13)18-11/h3-4,9,18H,5-8,10,17H2,1-2H3. The Kier molecular flexibility index (Phi) is 3.44. The Morgan fingerprint density at radius 3 is 2.75 bits per heavy atom. The Morgan fingerprint density at radius 1 is 1.35 bits per heavy atom. The second-order valence-electron chi connectivity index (χ2n) is 5.63. The average Bonchev–Trinajstić information content (AvgIpc) is 2.83. The Hall–Kier alpha value is -1.52. The van der Waals surface area contributed by atoms with Crippen molar-refractivity contribution in [2.75, 3.05) is 26.9 Å². The lowest BCUT2D eigenvalue weighted by atomic mass is 9.73. The molecule has 0 unspecified atom stereocenters. The largest absolute Gasteiger partial charge is 0.497 e. The molecule has 108 valence electrons. The summed E-state index contributed by atoms with van der Waals surface area (Å²) in [6.45, 7) is 4.36. The van der Waals surface area contributed by atoms with Crippen molar-refractivity contribution in [1.29, 1.82) is 0 Å². The maximum atomic E-state index is 6.16. The number of H-pyrrole nitrogens is 1. The second-order valence-corrected chi connectivity index (χ2v) is 5.63. The van der Waals surface area contributed by atoms with Crippen LogP contribution in [0.5, 0.6) is 5.75 Å². The first kappa shape index (κ1) is 13.5. The quantitative estimate of drug-likeness (QED) is 0.904. The molecule has 1 aliphatic heterocycles. The summed E-state index contributed by atoms with van der Waals surface area (Å²) in [6.07, 6.45) is 1.96. The summed E-state index contributed by atoms with van der Waals surface area (Å²) in [5.74, 6) is 0.886. The van der Waals surface area contributed by atoms with Gasteiger partial charge in [-0.15, -0.1) is 0 Å². The number of nitrogens with one attached hydrogen (secondary N) is 1. The molecular weight excluding hydrogens is 252 g/mol. The van der Waals surface area contributed by atoms with Gasteiger partial charge in [0.2, 0.25) is 0 Å². The molecule has 20 heavy (non-hydrogen) atoms. The molecule has 0 spiro atoms. The van der Waals surface area contributed by atoms with Crippen LogP contribution in [0.3, 0.4) is 0 Å². The highest BCUT2D eigenvalue weighted by atomic mass is 16.5. The van der Waals surface area contributed by atoms with Crippen LogP contribution < -0.4 is 10.5 Å². The van der Waals surface area contributed by atoms with Crippen molar-refractivity contribution in [1.82, 2.24) is 4.98 Å². The molecule has 0 radical (unpaired) electrons. The molecule has 4 heteroatoms. The number of aromatic amines is 1. The van der Waals surface area contributed by atoms with E-state index in [-0.39, 0.29) is 5.41 Å². The molecule has 3 N–H and O–H groups in total. The van der Waals surface area contributed by atoms with E-state index in [4.69, 9.17) is 15.2 Å². The van der Waals surface area contributed by atoms with E-state index in [1.165, 1.54) is 16.6 Å². The first-order valence-corrected chi connectivity index (χ1v) is 7.15. The summed E-state index contributed by atoms with van der Waals surface area (Å²) in [6, 6.07) is 6.18. The van der Waals surface area contributed by atoms with Gasteiger partial charge in [0, 0.05) is 41.8 Å². The van der Waals surface area contributed by atoms with Gasteiger partial charge in [-0.05, 0) is 43.5 Å². The molecule has 0 aliphatic carbocycles. The van der Waals surface area contributed by atoms with Gasteiger partial charge in [0.25, 0.3) is 0 Å². The maximum absolute atomic E-state index is 6.16. The fourth-order valence-electron chi connectivity index (χ4n) is 3.43. The summed E-state index contributed by atoms with van der Waals surface area (Å²) in [5.41, 5.74) is 9.88. The highest BCUT2D eigenvalue weighted by Gasteiger charge is 2.36. The summed E-state index contributed by atoms with van der Waals surface area (Å²) >= 11 is 0. The first-order valence-electron chi connectivity index (χ1n) is 7.15. The minimum atomic E-state index is 0.0208. The van der Waals surface area contributed by atoms with E-state index in [1.807, 2.05) is 6.07 Å². The van der Waals surface area contributed by atoms with Crippen molar-refractivity contribution in [2.45, 2.75) is 25.2 Å². The summed E-state index contributed by atoms with van der Waals surface area (Å²) < 4.78 is 10.9. The van der Waals surface area contributed by atoms with Gasteiger partial charge in [-0.2, -0.15) is 0 Å². The van der Waals surface area contributed by atoms with Crippen LogP contribution in [0.2, 0.25) is 0 Å². The molecule has 0 amide bonds. The minimum absolute atomic E-state index is 0.0208. The zero-order valence-electron chi connectivity index (χ0n) is 12.2. The molecule has 1 saturated heterocycles. The lowest BCUT2D eigenvalue weighted by Crippen LogP contribution is -2.41. The number of rotatable bonds is 3. The second kappa shape index (κ2) is 5.11. The Labute approximate surface area is 119 Å². The van der Waals surface area contributed by atoms with Gasteiger partial charge in [0.05, 0.1) is 7.11 Å². The first-order chi connectivity index (χ1) is 9.70. The van der Waals surface area contributed by atoms with Crippen LogP contribution in [-0.4, -0.2) is 31.9 Å². The molecule has 2 heterocycles. The SMILES string of the molecule is COc1ccc2[nH]c(C)c(C3(CN)CCOCC3)c2c1. The summed E-state index contributed by atoms with van der Waals surface area (Å²) in [5, 5.41) is 1.23. The third kappa shape index (κ3) is 2.00. The van der Waals surface area contributed by atoms with Crippen molar-refractivity contribution in [3.05, 3.63) is 29.5 Å². The van der Waals surface area contributed by atoms with Crippen LogP contribution in [0.4, 0.5) is 0 Å². The van der Waals surface area contributed by atoms with E-state index < -0.39 is 0 Å². The van der Waals surface area contributed by atoms with E-state index in [2.05, 4.69) is 24.0 Å². The molecule has 4 nitrogen and oxygen atoms in total. The number of ether oxygens (including phenoxy) is 2. The fourth-order valence-corrected chi connectivity index (χ4v) is 3.43. The predicted molar refractivity (Wildman–Crippen MR) is 80.4 cm³/mol. The van der Waals surface area contributed by atoms with Gasteiger partial charge in [-0.25, -0.2) is 0 Å².